The molecule has 0 atom stereocenters. The largest absolute Gasteiger partial charge is 0.487 e. The average molecular weight is 269 g/mol. The summed E-state index contributed by atoms with van der Waals surface area (Å²) in [7, 11) is 0. The van der Waals surface area contributed by atoms with Gasteiger partial charge >= 0.3 is 6.18 Å². The summed E-state index contributed by atoms with van der Waals surface area (Å²) in [5, 5.41) is 0. The minimum absolute atomic E-state index is 0.0224. The number of nitrogen functional groups attached to an aromatic ring is 1. The molecule has 0 fully saturated rings. The Morgan fingerprint density at radius 1 is 1.16 bits per heavy atom. The van der Waals surface area contributed by atoms with Gasteiger partial charge in [-0.1, -0.05) is 6.07 Å². The highest BCUT2D eigenvalue weighted by atomic mass is 19.4. The number of alkyl halides is 3. The van der Waals surface area contributed by atoms with E-state index in [9.17, 15) is 13.2 Å². The Kier molecular flexibility index (Phi) is 3.55. The third-order valence-electron chi connectivity index (χ3n) is 2.27. The van der Waals surface area contributed by atoms with Crippen LogP contribution in [0.4, 0.5) is 19.0 Å². The van der Waals surface area contributed by atoms with E-state index >= 15 is 0 Å². The summed E-state index contributed by atoms with van der Waals surface area (Å²) in [4.78, 5) is 7.73. The molecule has 0 unspecified atom stereocenters. The summed E-state index contributed by atoms with van der Waals surface area (Å²) in [5.41, 5.74) is 5.08. The maximum atomic E-state index is 12.5. The molecule has 19 heavy (non-hydrogen) atoms. The number of benzene rings is 1. The molecule has 0 aliphatic rings. The lowest BCUT2D eigenvalue weighted by Gasteiger charge is -2.09. The zero-order chi connectivity index (χ0) is 13.9. The molecule has 100 valence electrons. The fourth-order valence-electron chi connectivity index (χ4n) is 1.36. The minimum Gasteiger partial charge on any atom is -0.487 e. The Morgan fingerprint density at radius 2 is 1.95 bits per heavy atom. The lowest BCUT2D eigenvalue weighted by atomic mass is 10.2. The number of hydrogen-bond acceptors (Lipinski definition) is 4. The molecule has 0 amide bonds. The number of aromatic nitrogens is 2. The van der Waals surface area contributed by atoms with Crippen LogP contribution in [0.25, 0.3) is 0 Å². The molecule has 1 heterocycles. The van der Waals surface area contributed by atoms with Crippen molar-refractivity contribution in [1.29, 1.82) is 0 Å². The second kappa shape index (κ2) is 5.13. The molecule has 4 nitrogen and oxygen atoms in total. The van der Waals surface area contributed by atoms with Crippen molar-refractivity contribution < 1.29 is 17.9 Å². The average Bonchev–Trinajstić information content (AvgIpc) is 2.37. The van der Waals surface area contributed by atoms with Crippen molar-refractivity contribution in [2.24, 2.45) is 0 Å². The number of nitrogens with two attached hydrogens (primary N) is 1. The van der Waals surface area contributed by atoms with E-state index in [1.165, 1.54) is 24.5 Å². The van der Waals surface area contributed by atoms with E-state index in [0.29, 0.717) is 5.69 Å². The summed E-state index contributed by atoms with van der Waals surface area (Å²) < 4.78 is 42.7. The first-order chi connectivity index (χ1) is 8.95. The Labute approximate surface area is 107 Å². The van der Waals surface area contributed by atoms with Gasteiger partial charge in [0.1, 0.15) is 18.2 Å². The van der Waals surface area contributed by atoms with Crippen molar-refractivity contribution in [3.8, 4) is 5.75 Å². The van der Waals surface area contributed by atoms with Gasteiger partial charge in [-0.25, -0.2) is 4.98 Å². The third-order valence-corrected chi connectivity index (χ3v) is 2.27. The molecule has 0 aliphatic heterocycles. The normalized spacial score (nSPS) is 11.3. The standard InChI is InChI=1S/C12H10F3N3O/c13-12(14,15)8-2-1-3-10(4-8)19-7-9-5-18-11(16)6-17-9/h1-6H,7H2,(H2,16,18). The van der Waals surface area contributed by atoms with E-state index in [0.717, 1.165) is 12.1 Å². The van der Waals surface area contributed by atoms with Crippen LogP contribution < -0.4 is 10.5 Å². The molecule has 0 aliphatic carbocycles. The number of ether oxygens (including phenoxy) is 1. The molecule has 0 spiro atoms. The SMILES string of the molecule is Nc1cnc(COc2cccc(C(F)(F)F)c2)cn1. The summed E-state index contributed by atoms with van der Waals surface area (Å²) in [5.74, 6) is 0.385. The lowest BCUT2D eigenvalue weighted by molar-refractivity contribution is -0.137. The molecular weight excluding hydrogens is 259 g/mol. The molecule has 1 aromatic heterocycles. The number of anilines is 1. The topological polar surface area (TPSA) is 61.0 Å². The van der Waals surface area contributed by atoms with Gasteiger partial charge in [0, 0.05) is 0 Å². The Bertz CT molecular complexity index is 555. The van der Waals surface area contributed by atoms with Gasteiger partial charge in [0.2, 0.25) is 0 Å². The highest BCUT2D eigenvalue weighted by molar-refractivity contribution is 5.30. The van der Waals surface area contributed by atoms with Crippen LogP contribution in [0.1, 0.15) is 11.3 Å². The fraction of sp³-hybridized carbons (Fsp3) is 0.167. The van der Waals surface area contributed by atoms with E-state index in [1.807, 2.05) is 0 Å². The predicted octanol–water partition coefficient (Wildman–Crippen LogP) is 2.66. The second-order valence-corrected chi connectivity index (χ2v) is 3.75. The van der Waals surface area contributed by atoms with Crippen molar-refractivity contribution in [2.45, 2.75) is 12.8 Å². The first kappa shape index (κ1) is 13.1. The number of rotatable bonds is 3. The highest BCUT2D eigenvalue weighted by Gasteiger charge is 2.30. The Morgan fingerprint density at radius 3 is 2.58 bits per heavy atom. The lowest BCUT2D eigenvalue weighted by Crippen LogP contribution is -2.05. The van der Waals surface area contributed by atoms with Crippen LogP contribution in [0.15, 0.2) is 36.7 Å². The van der Waals surface area contributed by atoms with Crippen LogP contribution in [0.2, 0.25) is 0 Å². The van der Waals surface area contributed by atoms with Gasteiger partial charge in [-0.15, -0.1) is 0 Å². The number of halogens is 3. The molecule has 2 aromatic rings. The highest BCUT2D eigenvalue weighted by Crippen LogP contribution is 2.31. The Balaban J connectivity index is 2.05. The molecule has 7 heteroatoms. The molecular formula is C12H10F3N3O. The first-order valence-electron chi connectivity index (χ1n) is 5.31. The second-order valence-electron chi connectivity index (χ2n) is 3.75. The van der Waals surface area contributed by atoms with E-state index in [1.54, 1.807) is 0 Å². The van der Waals surface area contributed by atoms with Gasteiger partial charge in [-0.3, -0.25) is 4.98 Å². The molecule has 1 aromatic carbocycles. The quantitative estimate of drug-likeness (QED) is 0.930. The zero-order valence-corrected chi connectivity index (χ0v) is 9.69. The maximum absolute atomic E-state index is 12.5. The van der Waals surface area contributed by atoms with E-state index in [-0.39, 0.29) is 18.2 Å². The zero-order valence-electron chi connectivity index (χ0n) is 9.69. The van der Waals surface area contributed by atoms with Gasteiger partial charge in [0.25, 0.3) is 0 Å². The van der Waals surface area contributed by atoms with Crippen molar-refractivity contribution in [1.82, 2.24) is 9.97 Å². The molecule has 2 N–H and O–H groups in total. The van der Waals surface area contributed by atoms with Crippen LogP contribution >= 0.6 is 0 Å². The molecule has 0 saturated carbocycles. The van der Waals surface area contributed by atoms with Crippen molar-refractivity contribution in [3.63, 3.8) is 0 Å². The first-order valence-corrected chi connectivity index (χ1v) is 5.31. The van der Waals surface area contributed by atoms with E-state index in [2.05, 4.69) is 9.97 Å². The molecule has 0 bridgehead atoms. The maximum Gasteiger partial charge on any atom is 0.416 e. The summed E-state index contributed by atoms with van der Waals surface area (Å²) in [6.45, 7) is 0.0224. The fourth-order valence-corrected chi connectivity index (χ4v) is 1.36. The van der Waals surface area contributed by atoms with Crippen LogP contribution in [-0.2, 0) is 12.8 Å². The van der Waals surface area contributed by atoms with E-state index < -0.39 is 11.7 Å². The van der Waals surface area contributed by atoms with Crippen molar-refractivity contribution >= 4 is 5.82 Å². The summed E-state index contributed by atoms with van der Waals surface area (Å²) in [6, 6.07) is 4.65. The van der Waals surface area contributed by atoms with Gasteiger partial charge in [0.05, 0.1) is 23.7 Å². The predicted molar refractivity (Wildman–Crippen MR) is 62.2 cm³/mol. The third kappa shape index (κ3) is 3.57. The summed E-state index contributed by atoms with van der Waals surface area (Å²) in [6.07, 6.45) is -1.63. The van der Waals surface area contributed by atoms with Crippen molar-refractivity contribution in [3.05, 3.63) is 47.9 Å². The molecule has 2 rings (SSSR count). The van der Waals surface area contributed by atoms with Crippen LogP contribution in [0, 0.1) is 0 Å². The number of hydrogen-bond donors (Lipinski definition) is 1. The van der Waals surface area contributed by atoms with Gasteiger partial charge in [-0.05, 0) is 18.2 Å². The molecule has 0 radical (unpaired) electrons. The number of nitrogens with zero attached hydrogens (tertiary/aromatic N) is 2. The van der Waals surface area contributed by atoms with Crippen LogP contribution in [-0.4, -0.2) is 9.97 Å². The molecule has 0 saturated heterocycles. The van der Waals surface area contributed by atoms with Crippen molar-refractivity contribution in [2.75, 3.05) is 5.73 Å². The minimum atomic E-state index is -4.39. The van der Waals surface area contributed by atoms with Crippen LogP contribution in [0.3, 0.4) is 0 Å². The van der Waals surface area contributed by atoms with Crippen LogP contribution in [0.5, 0.6) is 5.75 Å². The monoisotopic (exact) mass is 269 g/mol. The van der Waals surface area contributed by atoms with Gasteiger partial charge < -0.3 is 10.5 Å². The Hall–Kier alpha value is -2.31. The van der Waals surface area contributed by atoms with Gasteiger partial charge in [0.15, 0.2) is 0 Å². The smallest absolute Gasteiger partial charge is 0.416 e. The summed E-state index contributed by atoms with van der Waals surface area (Å²) >= 11 is 0. The van der Waals surface area contributed by atoms with E-state index in [4.69, 9.17) is 10.5 Å². The van der Waals surface area contributed by atoms with Gasteiger partial charge in [-0.2, -0.15) is 13.2 Å².